The van der Waals surface area contributed by atoms with Crippen LogP contribution in [0.3, 0.4) is 0 Å². The van der Waals surface area contributed by atoms with Gasteiger partial charge in [0.1, 0.15) is 0 Å². The lowest BCUT2D eigenvalue weighted by Gasteiger charge is -2.06. The summed E-state index contributed by atoms with van der Waals surface area (Å²) in [6.45, 7) is 2.14. The van der Waals surface area contributed by atoms with Crippen LogP contribution < -0.4 is 4.72 Å². The zero-order chi connectivity index (χ0) is 10.8. The number of sulfonamides is 1. The van der Waals surface area contributed by atoms with Crippen molar-refractivity contribution < 1.29 is 8.42 Å². The van der Waals surface area contributed by atoms with Crippen LogP contribution in [0.15, 0.2) is 27.6 Å². The zero-order valence-corrected chi connectivity index (χ0v) is 12.0. The lowest BCUT2D eigenvalue weighted by molar-refractivity contribution is 0.583. The molecule has 0 fully saturated rings. The molecule has 1 rings (SSSR count). The molecule has 0 aliphatic heterocycles. The molecule has 1 aromatic rings. The fraction of sp³-hybridized carbons (Fsp3) is 0.250. The normalized spacial score (nSPS) is 11.6. The van der Waals surface area contributed by atoms with Crippen molar-refractivity contribution >= 4 is 48.5 Å². The van der Waals surface area contributed by atoms with Gasteiger partial charge in [-0.1, -0.05) is 6.92 Å². The maximum absolute atomic E-state index is 11.7. The molecule has 1 N–H and O–H groups in total. The van der Waals surface area contributed by atoms with Gasteiger partial charge in [0.05, 0.1) is 4.90 Å². The first kappa shape index (κ1) is 12.4. The van der Waals surface area contributed by atoms with Crippen molar-refractivity contribution in [1.82, 2.24) is 4.72 Å². The minimum atomic E-state index is -3.37. The van der Waals surface area contributed by atoms with E-state index in [0.717, 1.165) is 3.57 Å². The quantitative estimate of drug-likeness (QED) is 0.806. The highest BCUT2D eigenvalue weighted by atomic mass is 127. The highest BCUT2D eigenvalue weighted by Crippen LogP contribution is 2.23. The summed E-state index contributed by atoms with van der Waals surface area (Å²) in [6.07, 6.45) is 0. The number of halogens is 2. The van der Waals surface area contributed by atoms with E-state index >= 15 is 0 Å². The molecule has 0 aliphatic rings. The molecule has 0 aromatic heterocycles. The standard InChI is InChI=1S/C8H9BrINO2S/c1-2-11-14(12,13)8-5-6(10)3-4-7(8)9/h3-5,11H,2H2,1H3. The summed E-state index contributed by atoms with van der Waals surface area (Å²) in [5, 5.41) is 0. The minimum Gasteiger partial charge on any atom is -0.211 e. The van der Waals surface area contributed by atoms with E-state index in [0.29, 0.717) is 11.0 Å². The average molecular weight is 390 g/mol. The predicted molar refractivity (Wildman–Crippen MR) is 67.7 cm³/mol. The maximum atomic E-state index is 11.7. The molecule has 0 bridgehead atoms. The van der Waals surface area contributed by atoms with Crippen LogP contribution in [-0.2, 0) is 10.0 Å². The molecule has 3 nitrogen and oxygen atoms in total. The van der Waals surface area contributed by atoms with Gasteiger partial charge in [-0.2, -0.15) is 0 Å². The van der Waals surface area contributed by atoms with Crippen LogP contribution in [0.4, 0.5) is 0 Å². The first-order chi connectivity index (χ1) is 6.47. The topological polar surface area (TPSA) is 46.2 Å². The van der Waals surface area contributed by atoms with Gasteiger partial charge in [0.2, 0.25) is 10.0 Å². The van der Waals surface area contributed by atoms with E-state index in [1.54, 1.807) is 19.1 Å². The largest absolute Gasteiger partial charge is 0.241 e. The summed E-state index contributed by atoms with van der Waals surface area (Å²) in [4.78, 5) is 0.284. The molecule has 0 amide bonds. The van der Waals surface area contributed by atoms with Gasteiger partial charge in [0.15, 0.2) is 0 Å². The molecular formula is C8H9BrINO2S. The number of benzene rings is 1. The van der Waals surface area contributed by atoms with E-state index < -0.39 is 10.0 Å². The van der Waals surface area contributed by atoms with Crippen molar-refractivity contribution in [2.45, 2.75) is 11.8 Å². The highest BCUT2D eigenvalue weighted by molar-refractivity contribution is 14.1. The number of hydrogen-bond acceptors (Lipinski definition) is 2. The molecule has 0 spiro atoms. The van der Waals surface area contributed by atoms with Crippen molar-refractivity contribution in [2.75, 3.05) is 6.54 Å². The van der Waals surface area contributed by atoms with Crippen LogP contribution in [0.5, 0.6) is 0 Å². The van der Waals surface area contributed by atoms with E-state index in [9.17, 15) is 8.42 Å². The molecule has 14 heavy (non-hydrogen) atoms. The lowest BCUT2D eigenvalue weighted by Crippen LogP contribution is -2.23. The molecule has 0 atom stereocenters. The molecule has 0 heterocycles. The molecule has 0 aliphatic carbocycles. The predicted octanol–water partition coefficient (Wildman–Crippen LogP) is 2.35. The van der Waals surface area contributed by atoms with Gasteiger partial charge >= 0.3 is 0 Å². The van der Waals surface area contributed by atoms with Gasteiger partial charge in [-0.3, -0.25) is 0 Å². The third kappa shape index (κ3) is 2.91. The van der Waals surface area contributed by atoms with Gasteiger partial charge in [-0.25, -0.2) is 13.1 Å². The Kier molecular flexibility index (Phi) is 4.35. The van der Waals surface area contributed by atoms with E-state index in [2.05, 4.69) is 43.2 Å². The van der Waals surface area contributed by atoms with Gasteiger partial charge in [0.25, 0.3) is 0 Å². The van der Waals surface area contributed by atoms with Crippen molar-refractivity contribution in [2.24, 2.45) is 0 Å². The molecule has 0 unspecified atom stereocenters. The van der Waals surface area contributed by atoms with E-state index in [-0.39, 0.29) is 4.90 Å². The van der Waals surface area contributed by atoms with Crippen molar-refractivity contribution in [3.63, 3.8) is 0 Å². The number of hydrogen-bond donors (Lipinski definition) is 1. The number of nitrogens with one attached hydrogen (secondary N) is 1. The minimum absolute atomic E-state index is 0.284. The highest BCUT2D eigenvalue weighted by Gasteiger charge is 2.16. The summed E-state index contributed by atoms with van der Waals surface area (Å²) < 4.78 is 27.2. The lowest BCUT2D eigenvalue weighted by atomic mass is 10.4. The van der Waals surface area contributed by atoms with Gasteiger partial charge in [-0.05, 0) is 56.7 Å². The summed E-state index contributed by atoms with van der Waals surface area (Å²) in [7, 11) is -3.37. The Labute approximate surface area is 106 Å². The van der Waals surface area contributed by atoms with E-state index in [1.807, 2.05) is 6.07 Å². The Morgan fingerprint density at radius 3 is 2.71 bits per heavy atom. The molecule has 1 aromatic carbocycles. The van der Waals surface area contributed by atoms with Crippen LogP contribution in [-0.4, -0.2) is 15.0 Å². The Morgan fingerprint density at radius 2 is 2.14 bits per heavy atom. The van der Waals surface area contributed by atoms with Crippen LogP contribution in [0.25, 0.3) is 0 Å². The van der Waals surface area contributed by atoms with Gasteiger partial charge < -0.3 is 0 Å². The Bertz CT molecular complexity index is 433. The summed E-state index contributed by atoms with van der Waals surface area (Å²) in [6, 6.07) is 5.20. The molecule has 6 heteroatoms. The molecule has 0 saturated heterocycles. The second kappa shape index (κ2) is 4.91. The van der Waals surface area contributed by atoms with Crippen molar-refractivity contribution in [3.05, 3.63) is 26.2 Å². The molecule has 0 saturated carbocycles. The third-order valence-electron chi connectivity index (χ3n) is 1.52. The molecule has 78 valence electrons. The average Bonchev–Trinajstić information content (AvgIpc) is 2.09. The van der Waals surface area contributed by atoms with Crippen LogP contribution >= 0.6 is 38.5 Å². The monoisotopic (exact) mass is 389 g/mol. The second-order valence-electron chi connectivity index (χ2n) is 2.58. The van der Waals surface area contributed by atoms with Crippen molar-refractivity contribution in [1.29, 1.82) is 0 Å². The Hall–Kier alpha value is 0.340. The zero-order valence-electron chi connectivity index (χ0n) is 7.42. The van der Waals surface area contributed by atoms with Crippen LogP contribution in [0.2, 0.25) is 0 Å². The van der Waals surface area contributed by atoms with Gasteiger partial charge in [-0.15, -0.1) is 0 Å². The van der Waals surface area contributed by atoms with E-state index in [4.69, 9.17) is 0 Å². The third-order valence-corrected chi connectivity index (χ3v) is 4.73. The van der Waals surface area contributed by atoms with Crippen LogP contribution in [0.1, 0.15) is 6.92 Å². The fourth-order valence-electron chi connectivity index (χ4n) is 0.951. The first-order valence-corrected chi connectivity index (χ1v) is 7.27. The molecular weight excluding hydrogens is 381 g/mol. The summed E-state index contributed by atoms with van der Waals surface area (Å²) >= 11 is 5.29. The Morgan fingerprint density at radius 1 is 1.50 bits per heavy atom. The van der Waals surface area contributed by atoms with Crippen LogP contribution in [0, 0.1) is 3.57 Å². The van der Waals surface area contributed by atoms with Crippen molar-refractivity contribution in [3.8, 4) is 0 Å². The van der Waals surface area contributed by atoms with Gasteiger partial charge in [0, 0.05) is 14.6 Å². The first-order valence-electron chi connectivity index (χ1n) is 3.92. The summed E-state index contributed by atoms with van der Waals surface area (Å²) in [5.41, 5.74) is 0. The Balaban J connectivity index is 3.25. The maximum Gasteiger partial charge on any atom is 0.241 e. The molecule has 0 radical (unpaired) electrons. The summed E-state index contributed by atoms with van der Waals surface area (Å²) in [5.74, 6) is 0. The second-order valence-corrected chi connectivity index (χ2v) is 6.41. The fourth-order valence-corrected chi connectivity index (χ4v) is 3.68. The number of rotatable bonds is 3. The smallest absolute Gasteiger partial charge is 0.211 e. The van der Waals surface area contributed by atoms with E-state index in [1.165, 1.54) is 0 Å². The SMILES string of the molecule is CCNS(=O)(=O)c1cc(I)ccc1Br.